The lowest BCUT2D eigenvalue weighted by atomic mass is 10.3. The third-order valence-corrected chi connectivity index (χ3v) is 3.24. The highest BCUT2D eigenvalue weighted by Gasteiger charge is 2.31. The fourth-order valence-corrected chi connectivity index (χ4v) is 2.16. The predicted octanol–water partition coefficient (Wildman–Crippen LogP) is 1.40. The highest BCUT2D eigenvalue weighted by Crippen LogP contribution is 2.40. The zero-order chi connectivity index (χ0) is 12.7. The largest absolute Gasteiger partial charge is 0.370 e. The maximum absolute atomic E-state index is 12.0. The fraction of sp³-hybridized carbons (Fsp3) is 0.583. The van der Waals surface area contributed by atoms with Crippen LogP contribution in [0.4, 0.5) is 5.82 Å². The summed E-state index contributed by atoms with van der Waals surface area (Å²) < 4.78 is 1.63. The average Bonchev–Trinajstić information content (AvgIpc) is 3.10. The molecule has 0 unspecified atom stereocenters. The molecule has 0 radical (unpaired) electrons. The topological polar surface area (TPSA) is 75.6 Å². The van der Waals surface area contributed by atoms with Crippen molar-refractivity contribution in [3.63, 3.8) is 0 Å². The summed E-state index contributed by atoms with van der Waals surface area (Å²) in [5, 5.41) is 3.14. The van der Waals surface area contributed by atoms with Crippen molar-refractivity contribution >= 4 is 5.82 Å². The molecule has 0 aromatic carbocycles. The number of nitrogens with one attached hydrogen (secondary N) is 2. The minimum Gasteiger partial charge on any atom is -0.370 e. The summed E-state index contributed by atoms with van der Waals surface area (Å²) in [6, 6.07) is 0. The molecule has 6 nitrogen and oxygen atoms in total. The smallest absolute Gasteiger partial charge is 0.328 e. The first-order chi connectivity index (χ1) is 8.74. The molecule has 18 heavy (non-hydrogen) atoms. The lowest BCUT2D eigenvalue weighted by molar-refractivity contribution is 0.695. The molecular formula is C12H17N5O. The van der Waals surface area contributed by atoms with Crippen LogP contribution in [0.25, 0.3) is 11.5 Å². The van der Waals surface area contributed by atoms with Crippen molar-refractivity contribution in [2.45, 2.75) is 39.2 Å². The molecule has 0 bridgehead atoms. The van der Waals surface area contributed by atoms with Crippen LogP contribution in [0.2, 0.25) is 0 Å². The van der Waals surface area contributed by atoms with Gasteiger partial charge in [0.15, 0.2) is 5.82 Å². The van der Waals surface area contributed by atoms with E-state index in [-0.39, 0.29) is 5.69 Å². The minimum atomic E-state index is -0.136. The van der Waals surface area contributed by atoms with Gasteiger partial charge in [-0.1, -0.05) is 0 Å². The first-order valence-corrected chi connectivity index (χ1v) is 6.48. The first-order valence-electron chi connectivity index (χ1n) is 6.48. The molecule has 0 amide bonds. The van der Waals surface area contributed by atoms with Gasteiger partial charge < -0.3 is 5.32 Å². The van der Waals surface area contributed by atoms with Crippen molar-refractivity contribution < 1.29 is 0 Å². The van der Waals surface area contributed by atoms with Gasteiger partial charge in [-0.2, -0.15) is 0 Å². The van der Waals surface area contributed by atoms with Gasteiger partial charge in [-0.05, 0) is 26.7 Å². The number of anilines is 1. The second-order valence-corrected chi connectivity index (χ2v) is 4.61. The standard InChI is InChI=1S/C12H17N5O/c1-3-13-10-8-11(17(4-2)12(18)16-10)15-9(14-8)7-5-6-7/h7,13H,3-6H2,1-2H3,(H,16,18). The summed E-state index contributed by atoms with van der Waals surface area (Å²) in [6.07, 6.45) is 2.32. The minimum absolute atomic E-state index is 0.136. The van der Waals surface area contributed by atoms with Crippen LogP contribution in [0.5, 0.6) is 0 Å². The van der Waals surface area contributed by atoms with Crippen LogP contribution in [0, 0.1) is 0 Å². The van der Waals surface area contributed by atoms with Crippen LogP contribution in [-0.2, 0) is 6.54 Å². The molecular weight excluding hydrogens is 230 g/mol. The Labute approximate surface area is 105 Å². The van der Waals surface area contributed by atoms with Crippen LogP contribution in [-0.4, -0.2) is 26.1 Å². The van der Waals surface area contributed by atoms with Crippen LogP contribution in [0.15, 0.2) is 4.79 Å². The molecule has 0 atom stereocenters. The van der Waals surface area contributed by atoms with Crippen molar-refractivity contribution in [2.24, 2.45) is 0 Å². The first kappa shape index (κ1) is 11.3. The number of hydrogen-bond acceptors (Lipinski definition) is 4. The van der Waals surface area contributed by atoms with Gasteiger partial charge in [0.25, 0.3) is 0 Å². The van der Waals surface area contributed by atoms with Gasteiger partial charge in [0, 0.05) is 19.0 Å². The molecule has 0 aromatic heterocycles. The number of H-pyrrole nitrogens is 1. The number of hydrogen-bond donors (Lipinski definition) is 2. The van der Waals surface area contributed by atoms with Crippen molar-refractivity contribution in [2.75, 3.05) is 11.9 Å². The molecule has 1 saturated carbocycles. The van der Waals surface area contributed by atoms with Gasteiger partial charge in [-0.25, -0.2) is 14.8 Å². The van der Waals surface area contributed by atoms with Gasteiger partial charge >= 0.3 is 5.69 Å². The monoisotopic (exact) mass is 247 g/mol. The number of imidazole rings is 1. The Kier molecular flexibility index (Phi) is 2.57. The Bertz CT molecular complexity index is 595. The SMILES string of the molecule is CCNc1[nH]c(=O)n(CC)c2nc(C3CC3)nc1-2. The molecule has 0 saturated heterocycles. The Morgan fingerprint density at radius 3 is 2.78 bits per heavy atom. The van der Waals surface area contributed by atoms with Crippen molar-refractivity contribution in [1.29, 1.82) is 0 Å². The molecule has 6 heteroatoms. The van der Waals surface area contributed by atoms with E-state index in [0.717, 1.165) is 30.9 Å². The summed E-state index contributed by atoms with van der Waals surface area (Å²) in [6.45, 7) is 5.27. The van der Waals surface area contributed by atoms with Crippen LogP contribution < -0.4 is 11.0 Å². The normalized spacial score (nSPS) is 15.2. The Hall–Kier alpha value is -1.85. The molecule has 0 aromatic rings. The molecule has 0 spiro atoms. The third kappa shape index (κ3) is 1.68. The van der Waals surface area contributed by atoms with E-state index in [2.05, 4.69) is 20.3 Å². The molecule has 1 fully saturated rings. The molecule has 2 heterocycles. The van der Waals surface area contributed by atoms with Gasteiger partial charge in [0.2, 0.25) is 0 Å². The van der Waals surface area contributed by atoms with E-state index in [4.69, 9.17) is 0 Å². The Morgan fingerprint density at radius 2 is 2.17 bits per heavy atom. The second kappa shape index (κ2) is 4.12. The van der Waals surface area contributed by atoms with Gasteiger partial charge in [-0.3, -0.25) is 9.55 Å². The Morgan fingerprint density at radius 1 is 1.39 bits per heavy atom. The van der Waals surface area contributed by atoms with E-state index >= 15 is 0 Å². The average molecular weight is 247 g/mol. The lowest BCUT2D eigenvalue weighted by Gasteiger charge is -2.11. The zero-order valence-corrected chi connectivity index (χ0v) is 10.7. The maximum atomic E-state index is 12.0. The van der Waals surface area contributed by atoms with Gasteiger partial charge in [-0.15, -0.1) is 0 Å². The fourth-order valence-electron chi connectivity index (χ4n) is 2.16. The molecule has 3 rings (SSSR count). The number of aromatic amines is 1. The summed E-state index contributed by atoms with van der Waals surface area (Å²) in [4.78, 5) is 23.9. The zero-order valence-electron chi connectivity index (χ0n) is 10.7. The molecule has 2 N–H and O–H groups in total. The number of fused-ring (bicyclic) bond motifs is 1. The number of nitrogens with zero attached hydrogens (tertiary/aromatic N) is 3. The van der Waals surface area contributed by atoms with E-state index in [0.29, 0.717) is 24.1 Å². The molecule has 1 aliphatic carbocycles. The molecule has 2 aliphatic heterocycles. The lowest BCUT2D eigenvalue weighted by Crippen LogP contribution is -2.26. The van der Waals surface area contributed by atoms with Crippen LogP contribution in [0.3, 0.4) is 0 Å². The quantitative estimate of drug-likeness (QED) is 0.856. The van der Waals surface area contributed by atoms with Crippen molar-refractivity contribution in [3.8, 4) is 11.5 Å². The van der Waals surface area contributed by atoms with E-state index in [9.17, 15) is 4.79 Å². The molecule has 3 aliphatic rings. The summed E-state index contributed by atoms with van der Waals surface area (Å²) >= 11 is 0. The van der Waals surface area contributed by atoms with E-state index in [1.807, 2.05) is 13.8 Å². The maximum Gasteiger partial charge on any atom is 0.328 e. The highest BCUT2D eigenvalue weighted by atomic mass is 16.1. The predicted molar refractivity (Wildman–Crippen MR) is 69.1 cm³/mol. The van der Waals surface area contributed by atoms with E-state index in [1.54, 1.807) is 4.57 Å². The highest BCUT2D eigenvalue weighted by molar-refractivity contribution is 5.67. The summed E-state index contributed by atoms with van der Waals surface area (Å²) in [5.74, 6) is 2.75. The van der Waals surface area contributed by atoms with Crippen LogP contribution >= 0.6 is 0 Å². The number of rotatable bonds is 4. The Balaban J connectivity index is 2.21. The second-order valence-electron chi connectivity index (χ2n) is 4.61. The van der Waals surface area contributed by atoms with E-state index in [1.165, 1.54) is 0 Å². The number of aromatic nitrogens is 4. The third-order valence-electron chi connectivity index (χ3n) is 3.24. The van der Waals surface area contributed by atoms with Crippen LogP contribution in [0.1, 0.15) is 38.4 Å². The van der Waals surface area contributed by atoms with E-state index < -0.39 is 0 Å². The van der Waals surface area contributed by atoms with Crippen molar-refractivity contribution in [3.05, 3.63) is 16.3 Å². The summed E-state index contributed by atoms with van der Waals surface area (Å²) in [5.41, 5.74) is 0.642. The summed E-state index contributed by atoms with van der Waals surface area (Å²) in [7, 11) is 0. The van der Waals surface area contributed by atoms with Crippen molar-refractivity contribution in [1.82, 2.24) is 19.5 Å². The van der Waals surface area contributed by atoms with Gasteiger partial charge in [0.05, 0.1) is 0 Å². The molecule has 96 valence electrons. The van der Waals surface area contributed by atoms with Gasteiger partial charge in [0.1, 0.15) is 17.3 Å².